The number of guanidine groups is 1. The van der Waals surface area contributed by atoms with Crippen LogP contribution >= 0.6 is 0 Å². The topological polar surface area (TPSA) is 75.2 Å². The largest absolute Gasteiger partial charge is 0.444 e. The molecule has 7 heteroatoms. The summed E-state index contributed by atoms with van der Waals surface area (Å²) in [5.74, 6) is 2.21. The van der Waals surface area contributed by atoms with Crippen molar-refractivity contribution in [3.63, 3.8) is 0 Å². The summed E-state index contributed by atoms with van der Waals surface area (Å²) >= 11 is 0. The molecule has 2 aliphatic rings. The standard InChI is InChI=1S/C20H38N4O3/c1-20(2,3)27-19(25)24-11-8-16(9-12-24)14-23-18(21-4)22-10-5-13-26-15-17-6-7-17/h16-17H,5-15H2,1-4H3,(H2,21,22,23). The lowest BCUT2D eigenvalue weighted by Gasteiger charge is -2.33. The summed E-state index contributed by atoms with van der Waals surface area (Å²) < 4.78 is 11.1. The molecule has 0 atom stereocenters. The van der Waals surface area contributed by atoms with Crippen LogP contribution in [0.2, 0.25) is 0 Å². The van der Waals surface area contributed by atoms with Crippen LogP contribution in [-0.4, -0.2) is 69.0 Å². The first-order valence-electron chi connectivity index (χ1n) is 10.4. The molecule has 156 valence electrons. The molecule has 1 aliphatic heterocycles. The number of carbonyl (C=O) groups is 1. The molecule has 0 bridgehead atoms. The highest BCUT2D eigenvalue weighted by atomic mass is 16.6. The highest BCUT2D eigenvalue weighted by Gasteiger charge is 2.26. The number of ether oxygens (including phenoxy) is 2. The van der Waals surface area contributed by atoms with Crippen LogP contribution in [0.1, 0.15) is 52.9 Å². The summed E-state index contributed by atoms with van der Waals surface area (Å²) in [4.78, 5) is 18.2. The molecule has 1 aliphatic carbocycles. The van der Waals surface area contributed by atoms with Gasteiger partial charge in [0, 0.05) is 46.4 Å². The molecule has 1 saturated carbocycles. The lowest BCUT2D eigenvalue weighted by molar-refractivity contribution is 0.0185. The van der Waals surface area contributed by atoms with E-state index in [-0.39, 0.29) is 6.09 Å². The fourth-order valence-electron chi connectivity index (χ4n) is 3.02. The van der Waals surface area contributed by atoms with E-state index in [0.29, 0.717) is 5.92 Å². The van der Waals surface area contributed by atoms with Gasteiger partial charge in [0.15, 0.2) is 5.96 Å². The van der Waals surface area contributed by atoms with E-state index in [0.717, 1.165) is 70.5 Å². The van der Waals surface area contributed by atoms with Crippen LogP contribution in [0.3, 0.4) is 0 Å². The number of hydrogen-bond donors (Lipinski definition) is 2. The Morgan fingerprint density at radius 3 is 2.41 bits per heavy atom. The van der Waals surface area contributed by atoms with Gasteiger partial charge in [-0.2, -0.15) is 0 Å². The maximum atomic E-state index is 12.1. The molecule has 1 saturated heterocycles. The van der Waals surface area contributed by atoms with Gasteiger partial charge in [0.2, 0.25) is 0 Å². The van der Waals surface area contributed by atoms with Crippen LogP contribution in [0.15, 0.2) is 4.99 Å². The molecule has 0 aromatic carbocycles. The predicted molar refractivity (Wildman–Crippen MR) is 108 cm³/mol. The first-order chi connectivity index (χ1) is 12.9. The highest BCUT2D eigenvalue weighted by molar-refractivity contribution is 5.79. The second kappa shape index (κ2) is 10.7. The van der Waals surface area contributed by atoms with Crippen molar-refractivity contribution < 1.29 is 14.3 Å². The van der Waals surface area contributed by atoms with Crippen LogP contribution < -0.4 is 10.6 Å². The quantitative estimate of drug-likeness (QED) is 0.383. The van der Waals surface area contributed by atoms with Crippen LogP contribution in [0.5, 0.6) is 0 Å². The summed E-state index contributed by atoms with van der Waals surface area (Å²) in [7, 11) is 1.80. The fraction of sp³-hybridized carbons (Fsp3) is 0.900. The minimum atomic E-state index is -0.434. The van der Waals surface area contributed by atoms with Gasteiger partial charge in [0.1, 0.15) is 5.60 Å². The van der Waals surface area contributed by atoms with Gasteiger partial charge in [-0.05, 0) is 64.7 Å². The van der Waals surface area contributed by atoms with Crippen molar-refractivity contribution >= 4 is 12.1 Å². The molecule has 27 heavy (non-hydrogen) atoms. The Hall–Kier alpha value is -1.50. The highest BCUT2D eigenvalue weighted by Crippen LogP contribution is 2.28. The molecular weight excluding hydrogens is 344 g/mol. The number of hydrogen-bond acceptors (Lipinski definition) is 4. The summed E-state index contributed by atoms with van der Waals surface area (Å²) in [5, 5.41) is 6.74. The Bertz CT molecular complexity index is 478. The van der Waals surface area contributed by atoms with Crippen LogP contribution in [0.4, 0.5) is 4.79 Å². The molecule has 7 nitrogen and oxygen atoms in total. The Morgan fingerprint density at radius 2 is 1.81 bits per heavy atom. The third-order valence-corrected chi connectivity index (χ3v) is 4.86. The van der Waals surface area contributed by atoms with E-state index in [1.54, 1.807) is 7.05 Å². The summed E-state index contributed by atoms with van der Waals surface area (Å²) in [5.41, 5.74) is -0.434. The van der Waals surface area contributed by atoms with Crippen LogP contribution in [0, 0.1) is 11.8 Å². The SMILES string of the molecule is CN=C(NCCCOCC1CC1)NCC1CCN(C(=O)OC(C)(C)C)CC1. The van der Waals surface area contributed by atoms with Crippen molar-refractivity contribution in [1.29, 1.82) is 0 Å². The average Bonchev–Trinajstić information content (AvgIpc) is 3.44. The van der Waals surface area contributed by atoms with Crippen molar-refractivity contribution in [1.82, 2.24) is 15.5 Å². The molecule has 1 heterocycles. The van der Waals surface area contributed by atoms with E-state index in [2.05, 4.69) is 15.6 Å². The van der Waals surface area contributed by atoms with Crippen molar-refractivity contribution in [2.45, 2.75) is 58.5 Å². The number of carbonyl (C=O) groups excluding carboxylic acids is 1. The third-order valence-electron chi connectivity index (χ3n) is 4.86. The molecule has 0 radical (unpaired) electrons. The number of rotatable bonds is 8. The Kier molecular flexibility index (Phi) is 8.67. The Labute approximate surface area is 164 Å². The zero-order valence-corrected chi connectivity index (χ0v) is 17.6. The van der Waals surface area contributed by atoms with Gasteiger partial charge in [-0.25, -0.2) is 4.79 Å². The number of nitrogens with zero attached hydrogens (tertiary/aromatic N) is 2. The van der Waals surface area contributed by atoms with E-state index in [1.807, 2.05) is 25.7 Å². The third kappa shape index (κ3) is 9.31. The van der Waals surface area contributed by atoms with Gasteiger partial charge in [-0.3, -0.25) is 4.99 Å². The zero-order chi connectivity index (χ0) is 19.7. The number of likely N-dealkylation sites (tertiary alicyclic amines) is 1. The molecule has 0 aromatic rings. The molecule has 2 fully saturated rings. The van der Waals surface area contributed by atoms with Crippen LogP contribution in [0.25, 0.3) is 0 Å². The van der Waals surface area contributed by atoms with Gasteiger partial charge < -0.3 is 25.0 Å². The summed E-state index contributed by atoms with van der Waals surface area (Å²) in [6.45, 7) is 10.7. The molecule has 0 unspecified atom stereocenters. The maximum absolute atomic E-state index is 12.1. The van der Waals surface area contributed by atoms with Crippen molar-refractivity contribution in [3.8, 4) is 0 Å². The van der Waals surface area contributed by atoms with E-state index >= 15 is 0 Å². The van der Waals surface area contributed by atoms with Gasteiger partial charge in [-0.1, -0.05) is 0 Å². The van der Waals surface area contributed by atoms with Crippen LogP contribution in [-0.2, 0) is 9.47 Å². The molecule has 0 spiro atoms. The number of amides is 1. The normalized spacial score (nSPS) is 19.1. The fourth-order valence-corrected chi connectivity index (χ4v) is 3.02. The van der Waals surface area contributed by atoms with Crippen molar-refractivity contribution in [3.05, 3.63) is 0 Å². The summed E-state index contributed by atoms with van der Waals surface area (Å²) in [6, 6.07) is 0. The van der Waals surface area contributed by atoms with Gasteiger partial charge in [0.05, 0.1) is 0 Å². The van der Waals surface area contributed by atoms with E-state index < -0.39 is 5.60 Å². The lowest BCUT2D eigenvalue weighted by Crippen LogP contribution is -2.45. The lowest BCUT2D eigenvalue weighted by atomic mass is 9.97. The summed E-state index contributed by atoms with van der Waals surface area (Å²) in [6.07, 6.45) is 5.44. The van der Waals surface area contributed by atoms with Crippen molar-refractivity contribution in [2.75, 3.05) is 46.4 Å². The predicted octanol–water partition coefficient (Wildman–Crippen LogP) is 2.62. The van der Waals surface area contributed by atoms with E-state index in [1.165, 1.54) is 12.8 Å². The molecule has 1 amide bonds. The minimum absolute atomic E-state index is 0.199. The first kappa shape index (κ1) is 21.8. The van der Waals surface area contributed by atoms with Gasteiger partial charge in [0.25, 0.3) is 0 Å². The zero-order valence-electron chi connectivity index (χ0n) is 17.6. The smallest absolute Gasteiger partial charge is 0.410 e. The number of aliphatic imine (C=N–C) groups is 1. The molecule has 2 N–H and O–H groups in total. The maximum Gasteiger partial charge on any atom is 0.410 e. The first-order valence-corrected chi connectivity index (χ1v) is 10.4. The monoisotopic (exact) mass is 382 g/mol. The Balaban J connectivity index is 1.54. The molecule has 0 aromatic heterocycles. The van der Waals surface area contributed by atoms with Gasteiger partial charge >= 0.3 is 6.09 Å². The second-order valence-corrected chi connectivity index (χ2v) is 8.66. The molecular formula is C20H38N4O3. The van der Waals surface area contributed by atoms with E-state index in [4.69, 9.17) is 9.47 Å². The van der Waals surface area contributed by atoms with E-state index in [9.17, 15) is 4.79 Å². The molecule has 2 rings (SSSR count). The minimum Gasteiger partial charge on any atom is -0.444 e. The average molecular weight is 383 g/mol. The Morgan fingerprint density at radius 1 is 1.11 bits per heavy atom. The van der Waals surface area contributed by atoms with Crippen molar-refractivity contribution in [2.24, 2.45) is 16.8 Å². The number of piperidine rings is 1. The van der Waals surface area contributed by atoms with Gasteiger partial charge in [-0.15, -0.1) is 0 Å². The number of nitrogens with one attached hydrogen (secondary N) is 2. The second-order valence-electron chi connectivity index (χ2n) is 8.66.